The maximum Gasteiger partial charge on any atom is 0.343 e. The lowest BCUT2D eigenvalue weighted by atomic mass is 10.2. The van der Waals surface area contributed by atoms with E-state index in [9.17, 15) is 9.59 Å². The number of rotatable bonds is 10. The predicted molar refractivity (Wildman–Crippen MR) is 142 cm³/mol. The van der Waals surface area contributed by atoms with Crippen LogP contribution in [0.3, 0.4) is 0 Å². The Morgan fingerprint density at radius 1 is 1.08 bits per heavy atom. The fourth-order valence-electron chi connectivity index (χ4n) is 3.09. The average Bonchev–Trinajstić information content (AvgIpc) is 3.32. The molecule has 0 aliphatic heterocycles. The Balaban J connectivity index is 1.34. The standard InChI is InChI=1S/C26H23N3O5S2/c1-3-33-22-14-17(8-13-21(22)34-25(31)18-9-11-19(32-2)12-10-18)15-27-29-24(30)16-35-26-28-20-6-4-5-7-23(20)36-26/h4-15H,3,16H2,1-2H3,(H,29,30). The molecule has 184 valence electrons. The van der Waals surface area contributed by atoms with Gasteiger partial charge in [-0.2, -0.15) is 5.10 Å². The average molecular weight is 522 g/mol. The minimum absolute atomic E-state index is 0.196. The summed E-state index contributed by atoms with van der Waals surface area (Å²) in [6, 6.07) is 19.5. The maximum absolute atomic E-state index is 12.5. The van der Waals surface area contributed by atoms with Crippen LogP contribution in [0.5, 0.6) is 17.2 Å². The van der Waals surface area contributed by atoms with E-state index in [2.05, 4.69) is 15.5 Å². The first kappa shape index (κ1) is 25.2. The number of methoxy groups -OCH3 is 1. The molecule has 0 bridgehead atoms. The summed E-state index contributed by atoms with van der Waals surface area (Å²) in [5, 5.41) is 4.02. The monoisotopic (exact) mass is 521 g/mol. The highest BCUT2D eigenvalue weighted by atomic mass is 32.2. The Bertz CT molecular complexity index is 1350. The van der Waals surface area contributed by atoms with Crippen LogP contribution in [0.4, 0.5) is 0 Å². The summed E-state index contributed by atoms with van der Waals surface area (Å²) < 4.78 is 18.2. The van der Waals surface area contributed by atoms with Gasteiger partial charge in [0.2, 0.25) is 0 Å². The zero-order chi connectivity index (χ0) is 25.3. The van der Waals surface area contributed by atoms with Crippen LogP contribution in [0.2, 0.25) is 0 Å². The molecule has 0 spiro atoms. The van der Waals surface area contributed by atoms with Crippen LogP contribution >= 0.6 is 23.1 Å². The number of thiazole rings is 1. The van der Waals surface area contributed by atoms with E-state index in [4.69, 9.17) is 14.2 Å². The number of hydrazone groups is 1. The van der Waals surface area contributed by atoms with Gasteiger partial charge in [-0.05, 0) is 67.1 Å². The van der Waals surface area contributed by atoms with E-state index in [1.165, 1.54) is 18.0 Å². The summed E-state index contributed by atoms with van der Waals surface area (Å²) in [4.78, 5) is 29.2. The molecule has 1 N–H and O–H groups in total. The molecule has 0 saturated heterocycles. The molecular formula is C26H23N3O5S2. The van der Waals surface area contributed by atoms with Crippen LogP contribution in [0.15, 0.2) is 76.2 Å². The van der Waals surface area contributed by atoms with E-state index < -0.39 is 5.97 Å². The summed E-state index contributed by atoms with van der Waals surface area (Å²) >= 11 is 2.91. The van der Waals surface area contributed by atoms with Crippen molar-refractivity contribution in [3.63, 3.8) is 0 Å². The van der Waals surface area contributed by atoms with Crippen LogP contribution in [-0.2, 0) is 4.79 Å². The van der Waals surface area contributed by atoms with E-state index >= 15 is 0 Å². The number of esters is 1. The zero-order valence-electron chi connectivity index (χ0n) is 19.6. The van der Waals surface area contributed by atoms with E-state index in [0.717, 1.165) is 14.6 Å². The van der Waals surface area contributed by atoms with Gasteiger partial charge in [-0.15, -0.1) is 11.3 Å². The van der Waals surface area contributed by atoms with Gasteiger partial charge >= 0.3 is 5.97 Å². The van der Waals surface area contributed by atoms with Gasteiger partial charge in [-0.25, -0.2) is 15.2 Å². The molecule has 1 heterocycles. The molecule has 0 atom stereocenters. The van der Waals surface area contributed by atoms with Gasteiger partial charge in [-0.3, -0.25) is 4.79 Å². The van der Waals surface area contributed by atoms with Crippen LogP contribution in [0.1, 0.15) is 22.8 Å². The predicted octanol–water partition coefficient (Wildman–Crippen LogP) is 5.17. The summed E-state index contributed by atoms with van der Waals surface area (Å²) in [5.41, 5.74) is 4.49. The van der Waals surface area contributed by atoms with Crippen molar-refractivity contribution in [2.45, 2.75) is 11.3 Å². The van der Waals surface area contributed by atoms with E-state index in [0.29, 0.717) is 29.2 Å². The number of benzene rings is 3. The molecule has 0 aliphatic carbocycles. The number of nitrogens with one attached hydrogen (secondary N) is 1. The summed E-state index contributed by atoms with van der Waals surface area (Å²) in [7, 11) is 1.56. The molecule has 36 heavy (non-hydrogen) atoms. The number of thioether (sulfide) groups is 1. The molecule has 3 aromatic carbocycles. The number of hydrogen-bond acceptors (Lipinski definition) is 9. The largest absolute Gasteiger partial charge is 0.497 e. The van der Waals surface area contributed by atoms with Crippen LogP contribution in [-0.4, -0.2) is 42.5 Å². The number of amides is 1. The first-order chi connectivity index (χ1) is 17.6. The second-order valence-corrected chi connectivity index (χ2v) is 9.54. The van der Waals surface area contributed by atoms with Crippen molar-refractivity contribution in [1.29, 1.82) is 0 Å². The molecule has 0 unspecified atom stereocenters. The summed E-state index contributed by atoms with van der Waals surface area (Å²) in [5.74, 6) is 0.755. The number of ether oxygens (including phenoxy) is 3. The topological polar surface area (TPSA) is 99.1 Å². The van der Waals surface area contributed by atoms with Crippen molar-refractivity contribution in [3.05, 3.63) is 77.9 Å². The van der Waals surface area contributed by atoms with Gasteiger partial charge in [0.1, 0.15) is 5.75 Å². The Kier molecular flexibility index (Phi) is 8.53. The smallest absolute Gasteiger partial charge is 0.343 e. The van der Waals surface area contributed by atoms with Crippen molar-refractivity contribution in [1.82, 2.24) is 10.4 Å². The third kappa shape index (κ3) is 6.61. The summed E-state index contributed by atoms with van der Waals surface area (Å²) in [6.45, 7) is 2.21. The quantitative estimate of drug-likeness (QED) is 0.101. The molecule has 4 rings (SSSR count). The highest BCUT2D eigenvalue weighted by molar-refractivity contribution is 8.01. The van der Waals surface area contributed by atoms with Gasteiger partial charge in [0, 0.05) is 0 Å². The lowest BCUT2D eigenvalue weighted by Gasteiger charge is -2.11. The highest BCUT2D eigenvalue weighted by Gasteiger charge is 2.14. The number of fused-ring (bicyclic) bond motifs is 1. The first-order valence-corrected chi connectivity index (χ1v) is 12.8. The number of carbonyl (C=O) groups excluding carboxylic acids is 2. The molecule has 1 amide bonds. The number of hydrogen-bond donors (Lipinski definition) is 1. The zero-order valence-corrected chi connectivity index (χ0v) is 21.2. The van der Waals surface area contributed by atoms with Crippen molar-refractivity contribution < 1.29 is 23.8 Å². The Morgan fingerprint density at radius 2 is 1.89 bits per heavy atom. The second-order valence-electron chi connectivity index (χ2n) is 7.29. The SMILES string of the molecule is CCOc1cc(C=NNC(=O)CSc2nc3ccccc3s2)ccc1OC(=O)c1ccc(OC)cc1. The van der Waals surface area contributed by atoms with Crippen molar-refractivity contribution in [3.8, 4) is 17.2 Å². The molecule has 0 saturated carbocycles. The fourth-order valence-corrected chi connectivity index (χ4v) is 4.96. The minimum Gasteiger partial charge on any atom is -0.497 e. The van der Waals surface area contributed by atoms with Gasteiger partial charge in [0.15, 0.2) is 15.8 Å². The number of aromatic nitrogens is 1. The van der Waals surface area contributed by atoms with Gasteiger partial charge in [0.25, 0.3) is 5.91 Å². The van der Waals surface area contributed by atoms with Crippen LogP contribution < -0.4 is 19.6 Å². The van der Waals surface area contributed by atoms with E-state index in [1.807, 2.05) is 31.2 Å². The second kappa shape index (κ2) is 12.2. The van der Waals surface area contributed by atoms with Crippen LogP contribution in [0, 0.1) is 0 Å². The van der Waals surface area contributed by atoms with Gasteiger partial charge in [-0.1, -0.05) is 23.9 Å². The molecule has 8 nitrogen and oxygen atoms in total. The lowest BCUT2D eigenvalue weighted by molar-refractivity contribution is -0.118. The van der Waals surface area contributed by atoms with E-state index in [-0.39, 0.29) is 17.4 Å². The normalized spacial score (nSPS) is 10.9. The number of carbonyl (C=O) groups is 2. The highest BCUT2D eigenvalue weighted by Crippen LogP contribution is 2.30. The number of nitrogens with zero attached hydrogens (tertiary/aromatic N) is 2. The van der Waals surface area contributed by atoms with Crippen molar-refractivity contribution in [2.75, 3.05) is 19.5 Å². The maximum atomic E-state index is 12.5. The third-order valence-corrected chi connectivity index (χ3v) is 6.98. The van der Waals surface area contributed by atoms with Crippen LogP contribution in [0.25, 0.3) is 10.2 Å². The fraction of sp³-hybridized carbons (Fsp3) is 0.154. The minimum atomic E-state index is -0.516. The Morgan fingerprint density at radius 3 is 2.64 bits per heavy atom. The molecule has 1 aromatic heterocycles. The molecule has 10 heteroatoms. The van der Waals surface area contributed by atoms with Crippen molar-refractivity contribution >= 4 is 51.4 Å². The lowest BCUT2D eigenvalue weighted by Crippen LogP contribution is -2.19. The molecule has 0 fully saturated rings. The van der Waals surface area contributed by atoms with Crippen molar-refractivity contribution in [2.24, 2.45) is 5.10 Å². The Hall–Kier alpha value is -3.89. The van der Waals surface area contributed by atoms with E-state index in [1.54, 1.807) is 60.9 Å². The number of para-hydroxylation sites is 1. The van der Waals surface area contributed by atoms with Gasteiger partial charge < -0.3 is 14.2 Å². The third-order valence-electron chi connectivity index (χ3n) is 4.80. The Labute approximate surface area is 216 Å². The summed E-state index contributed by atoms with van der Waals surface area (Å²) in [6.07, 6.45) is 1.50. The molecule has 0 aliphatic rings. The van der Waals surface area contributed by atoms with Gasteiger partial charge in [0.05, 0.1) is 41.5 Å². The first-order valence-electron chi connectivity index (χ1n) is 11.0. The molecule has 0 radical (unpaired) electrons. The molecule has 4 aromatic rings. The molecular weight excluding hydrogens is 498 g/mol.